The van der Waals surface area contributed by atoms with E-state index in [1.807, 2.05) is 0 Å². The highest BCUT2D eigenvalue weighted by molar-refractivity contribution is 5.80. The van der Waals surface area contributed by atoms with Gasteiger partial charge in [0.25, 0.3) is 0 Å². The van der Waals surface area contributed by atoms with Crippen molar-refractivity contribution in [3.63, 3.8) is 0 Å². The van der Waals surface area contributed by atoms with Crippen molar-refractivity contribution in [3.8, 4) is 0 Å². The van der Waals surface area contributed by atoms with Crippen molar-refractivity contribution in [3.05, 3.63) is 0 Å². The highest BCUT2D eigenvalue weighted by atomic mass is 16.5. The molecule has 1 atom stereocenters. The lowest BCUT2D eigenvalue weighted by Crippen LogP contribution is -2.48. The number of guanidine groups is 1. The third-order valence-corrected chi connectivity index (χ3v) is 6.22. The first kappa shape index (κ1) is 21.8. The van der Waals surface area contributed by atoms with Crippen LogP contribution in [-0.2, 0) is 18.9 Å². The van der Waals surface area contributed by atoms with Crippen molar-refractivity contribution < 1.29 is 18.9 Å². The zero-order valence-electron chi connectivity index (χ0n) is 17.8. The molecule has 0 radical (unpaired) electrons. The van der Waals surface area contributed by atoms with Gasteiger partial charge >= 0.3 is 0 Å². The molecule has 0 aromatic heterocycles. The van der Waals surface area contributed by atoms with Crippen LogP contribution in [0.5, 0.6) is 0 Å². The number of likely N-dealkylation sites (tertiary alicyclic amines) is 1. The SMILES string of the molecule is CCNC(=NCC1(OC)CCOCC1)N1CCC(OCC2CCCCO2)CC1. The predicted octanol–water partition coefficient (Wildman–Crippen LogP) is 2.20. The number of piperidine rings is 1. The predicted molar refractivity (Wildman–Crippen MR) is 110 cm³/mol. The van der Waals surface area contributed by atoms with Crippen molar-refractivity contribution in [2.24, 2.45) is 4.99 Å². The van der Waals surface area contributed by atoms with Gasteiger partial charge in [-0.15, -0.1) is 0 Å². The van der Waals surface area contributed by atoms with Crippen molar-refractivity contribution in [2.75, 3.05) is 59.7 Å². The Labute approximate surface area is 170 Å². The molecule has 0 amide bonds. The van der Waals surface area contributed by atoms with Crippen LogP contribution in [0.15, 0.2) is 4.99 Å². The Morgan fingerprint density at radius 2 is 1.93 bits per heavy atom. The summed E-state index contributed by atoms with van der Waals surface area (Å²) in [6.45, 7) is 8.79. The summed E-state index contributed by atoms with van der Waals surface area (Å²) in [5, 5.41) is 3.46. The van der Waals surface area contributed by atoms with E-state index >= 15 is 0 Å². The van der Waals surface area contributed by atoms with Gasteiger partial charge < -0.3 is 29.2 Å². The molecule has 0 aromatic rings. The van der Waals surface area contributed by atoms with E-state index in [9.17, 15) is 0 Å². The highest BCUT2D eigenvalue weighted by Gasteiger charge is 2.33. The third-order valence-electron chi connectivity index (χ3n) is 6.22. The van der Waals surface area contributed by atoms with E-state index in [0.717, 1.165) is 84.1 Å². The van der Waals surface area contributed by atoms with Crippen LogP contribution in [0.1, 0.15) is 51.9 Å². The van der Waals surface area contributed by atoms with E-state index in [1.54, 1.807) is 7.11 Å². The minimum atomic E-state index is -0.180. The summed E-state index contributed by atoms with van der Waals surface area (Å²) in [6, 6.07) is 0. The Hall–Kier alpha value is -0.890. The Bertz CT molecular complexity index is 468. The number of nitrogens with one attached hydrogen (secondary N) is 1. The van der Waals surface area contributed by atoms with E-state index in [4.69, 9.17) is 23.9 Å². The molecule has 3 heterocycles. The van der Waals surface area contributed by atoms with Crippen LogP contribution < -0.4 is 5.32 Å². The van der Waals surface area contributed by atoms with E-state index in [-0.39, 0.29) is 5.60 Å². The molecule has 28 heavy (non-hydrogen) atoms. The molecule has 0 saturated carbocycles. The average molecular weight is 398 g/mol. The number of ether oxygens (including phenoxy) is 4. The number of nitrogens with zero attached hydrogens (tertiary/aromatic N) is 2. The lowest BCUT2D eigenvalue weighted by Gasteiger charge is -2.37. The second-order valence-electron chi connectivity index (χ2n) is 8.18. The molecule has 0 aliphatic carbocycles. The zero-order chi connectivity index (χ0) is 19.7. The fraction of sp³-hybridized carbons (Fsp3) is 0.952. The van der Waals surface area contributed by atoms with Crippen LogP contribution in [0, 0.1) is 0 Å². The summed E-state index contributed by atoms with van der Waals surface area (Å²) in [5.74, 6) is 1.000. The summed E-state index contributed by atoms with van der Waals surface area (Å²) in [4.78, 5) is 7.30. The van der Waals surface area contributed by atoms with Gasteiger partial charge in [0.1, 0.15) is 0 Å². The Balaban J connectivity index is 1.46. The first-order valence-corrected chi connectivity index (χ1v) is 11.1. The van der Waals surface area contributed by atoms with Gasteiger partial charge in [-0.2, -0.15) is 0 Å². The van der Waals surface area contributed by atoms with Crippen LogP contribution in [0.4, 0.5) is 0 Å². The molecule has 7 heteroatoms. The molecule has 1 N–H and O–H groups in total. The molecule has 3 saturated heterocycles. The minimum Gasteiger partial charge on any atom is -0.381 e. The molecule has 1 unspecified atom stereocenters. The lowest BCUT2D eigenvalue weighted by atomic mass is 9.94. The maximum absolute atomic E-state index is 6.15. The molecule has 3 rings (SSSR count). The fourth-order valence-electron chi connectivity index (χ4n) is 4.23. The third kappa shape index (κ3) is 6.31. The van der Waals surface area contributed by atoms with Gasteiger partial charge in [-0.1, -0.05) is 0 Å². The van der Waals surface area contributed by atoms with E-state index in [1.165, 1.54) is 12.8 Å². The number of hydrogen-bond donors (Lipinski definition) is 1. The molecule has 162 valence electrons. The lowest BCUT2D eigenvalue weighted by molar-refractivity contribution is -0.0831. The largest absolute Gasteiger partial charge is 0.381 e. The van der Waals surface area contributed by atoms with Crippen molar-refractivity contribution >= 4 is 5.96 Å². The van der Waals surface area contributed by atoms with Gasteiger partial charge in [0, 0.05) is 59.4 Å². The molecule has 0 aromatic carbocycles. The second kappa shape index (κ2) is 11.3. The van der Waals surface area contributed by atoms with Crippen molar-refractivity contribution in [1.82, 2.24) is 10.2 Å². The first-order chi connectivity index (χ1) is 13.7. The van der Waals surface area contributed by atoms with Gasteiger partial charge in [0.2, 0.25) is 0 Å². The average Bonchev–Trinajstić information content (AvgIpc) is 2.77. The second-order valence-corrected chi connectivity index (χ2v) is 8.18. The summed E-state index contributed by atoms with van der Waals surface area (Å²) in [5.41, 5.74) is -0.180. The molecule has 0 spiro atoms. The number of methoxy groups -OCH3 is 1. The van der Waals surface area contributed by atoms with Crippen LogP contribution in [0.3, 0.4) is 0 Å². The van der Waals surface area contributed by atoms with Gasteiger partial charge in [-0.05, 0) is 39.0 Å². The Morgan fingerprint density at radius 1 is 1.14 bits per heavy atom. The summed E-state index contributed by atoms with van der Waals surface area (Å²) < 4.78 is 23.3. The highest BCUT2D eigenvalue weighted by Crippen LogP contribution is 2.25. The van der Waals surface area contributed by atoms with Gasteiger partial charge in [0.05, 0.1) is 31.0 Å². The quantitative estimate of drug-likeness (QED) is 0.525. The Morgan fingerprint density at radius 3 is 2.57 bits per heavy atom. The topological polar surface area (TPSA) is 64.6 Å². The smallest absolute Gasteiger partial charge is 0.194 e. The number of aliphatic imine (C=N–C) groups is 1. The van der Waals surface area contributed by atoms with Crippen molar-refractivity contribution in [1.29, 1.82) is 0 Å². The van der Waals surface area contributed by atoms with E-state index in [0.29, 0.717) is 18.8 Å². The summed E-state index contributed by atoms with van der Waals surface area (Å²) in [7, 11) is 1.80. The van der Waals surface area contributed by atoms with Crippen LogP contribution in [-0.4, -0.2) is 88.4 Å². The van der Waals surface area contributed by atoms with Crippen molar-refractivity contribution in [2.45, 2.75) is 69.7 Å². The van der Waals surface area contributed by atoms with Crippen LogP contribution in [0.25, 0.3) is 0 Å². The van der Waals surface area contributed by atoms with Crippen LogP contribution in [0.2, 0.25) is 0 Å². The van der Waals surface area contributed by atoms with Gasteiger partial charge in [0.15, 0.2) is 5.96 Å². The number of hydrogen-bond acceptors (Lipinski definition) is 5. The normalized spacial score (nSPS) is 27.0. The molecular weight excluding hydrogens is 358 g/mol. The minimum absolute atomic E-state index is 0.180. The summed E-state index contributed by atoms with van der Waals surface area (Å²) in [6.07, 6.45) is 8.14. The maximum Gasteiger partial charge on any atom is 0.194 e. The molecule has 7 nitrogen and oxygen atoms in total. The van der Waals surface area contributed by atoms with Gasteiger partial charge in [-0.3, -0.25) is 4.99 Å². The Kier molecular flexibility index (Phi) is 8.83. The summed E-state index contributed by atoms with van der Waals surface area (Å²) >= 11 is 0. The molecule has 3 fully saturated rings. The standard InChI is InChI=1S/C21H39N3O4/c1-3-22-20(23-17-21(25-2)9-14-26-15-10-21)24-11-7-18(8-12-24)28-16-19-6-4-5-13-27-19/h18-19H,3-17H2,1-2H3,(H,22,23). The monoisotopic (exact) mass is 397 g/mol. The molecule has 3 aliphatic rings. The van der Waals surface area contributed by atoms with Crippen LogP contribution >= 0.6 is 0 Å². The van der Waals surface area contributed by atoms with E-state index < -0.39 is 0 Å². The fourth-order valence-corrected chi connectivity index (χ4v) is 4.23. The zero-order valence-corrected chi connectivity index (χ0v) is 17.8. The van der Waals surface area contributed by atoms with Gasteiger partial charge in [-0.25, -0.2) is 0 Å². The molecule has 3 aliphatic heterocycles. The van der Waals surface area contributed by atoms with E-state index in [2.05, 4.69) is 17.1 Å². The maximum atomic E-state index is 6.15. The first-order valence-electron chi connectivity index (χ1n) is 11.1. The molecule has 0 bridgehead atoms. The number of rotatable bonds is 7. The molecular formula is C21H39N3O4.